The number of rotatable bonds is 6. The standard InChI is InChI=1S/C20H20F3N3O4S2/c21-20(22,23)18-7-6-17(31(27,28)16-4-2-1-3-5-16)14-19(18)32(29,30)25-15-8-11-26(12-9-15)13-10-24/h1-7,14-15,25H,8-9,11-13H2. The lowest BCUT2D eigenvalue weighted by Crippen LogP contribution is -2.44. The summed E-state index contributed by atoms with van der Waals surface area (Å²) in [7, 11) is -8.91. The fraction of sp³-hybridized carbons (Fsp3) is 0.350. The lowest BCUT2D eigenvalue weighted by Gasteiger charge is -2.30. The average molecular weight is 488 g/mol. The summed E-state index contributed by atoms with van der Waals surface area (Å²) in [5.74, 6) is 0. The minimum atomic E-state index is -5.00. The van der Waals surface area contributed by atoms with Gasteiger partial charge in [-0.2, -0.15) is 18.4 Å². The number of halogens is 3. The van der Waals surface area contributed by atoms with E-state index < -0.39 is 47.4 Å². The van der Waals surface area contributed by atoms with Crippen LogP contribution in [-0.2, 0) is 26.0 Å². The van der Waals surface area contributed by atoms with Crippen molar-refractivity contribution in [1.82, 2.24) is 9.62 Å². The topological polar surface area (TPSA) is 107 Å². The van der Waals surface area contributed by atoms with Gasteiger partial charge in [-0.25, -0.2) is 21.6 Å². The third-order valence-electron chi connectivity index (χ3n) is 5.12. The largest absolute Gasteiger partial charge is 0.417 e. The van der Waals surface area contributed by atoms with E-state index in [1.165, 1.54) is 24.3 Å². The molecule has 0 bridgehead atoms. The minimum Gasteiger partial charge on any atom is -0.290 e. The predicted octanol–water partition coefficient (Wildman–Crippen LogP) is 2.80. The van der Waals surface area contributed by atoms with Crippen LogP contribution in [0, 0.1) is 11.3 Å². The van der Waals surface area contributed by atoms with Crippen LogP contribution in [-0.4, -0.2) is 47.4 Å². The number of sulfone groups is 1. The number of piperidine rings is 1. The van der Waals surface area contributed by atoms with E-state index in [0.717, 1.165) is 6.07 Å². The SMILES string of the molecule is N#CCN1CCC(NS(=O)(=O)c2cc(S(=O)(=O)c3ccccc3)ccc2C(F)(F)F)CC1. The Morgan fingerprint density at radius 2 is 1.62 bits per heavy atom. The number of sulfonamides is 1. The Bertz CT molecular complexity index is 1220. The Balaban J connectivity index is 1.98. The highest BCUT2D eigenvalue weighted by molar-refractivity contribution is 7.91. The number of alkyl halides is 3. The summed E-state index contributed by atoms with van der Waals surface area (Å²) in [4.78, 5) is -0.0535. The summed E-state index contributed by atoms with van der Waals surface area (Å²) in [6.45, 7) is 1.00. The number of likely N-dealkylation sites (tertiary alicyclic amines) is 1. The van der Waals surface area contributed by atoms with Gasteiger partial charge in [0.2, 0.25) is 19.9 Å². The van der Waals surface area contributed by atoms with E-state index in [2.05, 4.69) is 4.72 Å². The lowest BCUT2D eigenvalue weighted by molar-refractivity contribution is -0.139. The Labute approximate surface area is 184 Å². The number of hydrogen-bond acceptors (Lipinski definition) is 6. The van der Waals surface area contributed by atoms with Crippen LogP contribution in [0.5, 0.6) is 0 Å². The van der Waals surface area contributed by atoms with E-state index in [1.807, 2.05) is 6.07 Å². The maximum atomic E-state index is 13.6. The predicted molar refractivity (Wildman–Crippen MR) is 109 cm³/mol. The number of nitriles is 1. The molecule has 32 heavy (non-hydrogen) atoms. The molecule has 0 unspecified atom stereocenters. The summed E-state index contributed by atoms with van der Waals surface area (Å²) < 4.78 is 94.5. The molecule has 2 aromatic rings. The van der Waals surface area contributed by atoms with Gasteiger partial charge in [-0.05, 0) is 43.2 Å². The van der Waals surface area contributed by atoms with E-state index in [0.29, 0.717) is 38.1 Å². The zero-order chi connectivity index (χ0) is 23.6. The molecule has 0 saturated carbocycles. The van der Waals surface area contributed by atoms with Gasteiger partial charge in [0.1, 0.15) is 0 Å². The molecule has 12 heteroatoms. The van der Waals surface area contributed by atoms with E-state index in [1.54, 1.807) is 11.0 Å². The van der Waals surface area contributed by atoms with Gasteiger partial charge in [-0.1, -0.05) is 18.2 Å². The molecule has 2 aromatic carbocycles. The fourth-order valence-corrected chi connectivity index (χ4v) is 6.39. The summed E-state index contributed by atoms with van der Waals surface area (Å²) in [5, 5.41) is 8.74. The maximum Gasteiger partial charge on any atom is 0.417 e. The molecule has 1 saturated heterocycles. The molecule has 1 aliphatic rings. The van der Waals surface area contributed by atoms with Crippen molar-refractivity contribution in [2.75, 3.05) is 19.6 Å². The molecule has 0 radical (unpaired) electrons. The number of nitrogens with one attached hydrogen (secondary N) is 1. The smallest absolute Gasteiger partial charge is 0.290 e. The second-order valence-corrected chi connectivity index (χ2v) is 10.9. The van der Waals surface area contributed by atoms with Crippen molar-refractivity contribution in [2.45, 2.75) is 39.7 Å². The van der Waals surface area contributed by atoms with Crippen molar-refractivity contribution in [1.29, 1.82) is 5.26 Å². The Morgan fingerprint density at radius 3 is 2.19 bits per heavy atom. The number of benzene rings is 2. The van der Waals surface area contributed by atoms with Crippen molar-refractivity contribution < 1.29 is 30.0 Å². The molecule has 0 aliphatic carbocycles. The van der Waals surface area contributed by atoms with Crippen molar-refractivity contribution in [3.63, 3.8) is 0 Å². The molecule has 172 valence electrons. The molecular formula is C20H20F3N3O4S2. The molecule has 0 spiro atoms. The van der Waals surface area contributed by atoms with Crippen LogP contribution < -0.4 is 4.72 Å². The molecule has 1 heterocycles. The molecule has 0 amide bonds. The highest BCUT2D eigenvalue weighted by Crippen LogP contribution is 2.36. The van der Waals surface area contributed by atoms with Crippen LogP contribution in [0.15, 0.2) is 63.2 Å². The number of nitrogens with zero attached hydrogens (tertiary/aromatic N) is 2. The third-order valence-corrected chi connectivity index (χ3v) is 8.44. The van der Waals surface area contributed by atoms with Gasteiger partial charge < -0.3 is 0 Å². The molecule has 3 rings (SSSR count). The Hall–Kier alpha value is -2.46. The van der Waals surface area contributed by atoms with Crippen molar-refractivity contribution in [2.24, 2.45) is 0 Å². The van der Waals surface area contributed by atoms with Gasteiger partial charge in [0.15, 0.2) is 0 Å². The molecule has 1 N–H and O–H groups in total. The van der Waals surface area contributed by atoms with Gasteiger partial charge in [0, 0.05) is 19.1 Å². The normalized spacial score (nSPS) is 16.6. The second kappa shape index (κ2) is 9.19. The summed E-state index contributed by atoms with van der Waals surface area (Å²) >= 11 is 0. The average Bonchev–Trinajstić information content (AvgIpc) is 2.75. The first-order valence-electron chi connectivity index (χ1n) is 9.58. The summed E-state index contributed by atoms with van der Waals surface area (Å²) in [5.41, 5.74) is -1.45. The van der Waals surface area contributed by atoms with Crippen LogP contribution in [0.3, 0.4) is 0 Å². The molecule has 0 aromatic heterocycles. The molecule has 7 nitrogen and oxygen atoms in total. The fourth-order valence-electron chi connectivity index (χ4n) is 3.45. The van der Waals surface area contributed by atoms with Gasteiger partial charge in [-0.3, -0.25) is 4.90 Å². The third kappa shape index (κ3) is 5.29. The van der Waals surface area contributed by atoms with Crippen LogP contribution in [0.4, 0.5) is 13.2 Å². The summed E-state index contributed by atoms with van der Waals surface area (Å²) in [6, 6.07) is 10.2. The Kier molecular flexibility index (Phi) is 6.94. The summed E-state index contributed by atoms with van der Waals surface area (Å²) in [6.07, 6.45) is -4.39. The molecule has 0 atom stereocenters. The first-order chi connectivity index (χ1) is 14.9. The zero-order valence-electron chi connectivity index (χ0n) is 16.7. The van der Waals surface area contributed by atoms with Gasteiger partial charge in [0.05, 0.1) is 32.9 Å². The minimum absolute atomic E-state index is 0.166. The lowest BCUT2D eigenvalue weighted by atomic mass is 10.1. The van der Waals surface area contributed by atoms with Crippen LogP contribution in [0.25, 0.3) is 0 Å². The highest BCUT2D eigenvalue weighted by Gasteiger charge is 2.39. The van der Waals surface area contributed by atoms with Crippen molar-refractivity contribution >= 4 is 19.9 Å². The van der Waals surface area contributed by atoms with E-state index in [4.69, 9.17) is 5.26 Å². The van der Waals surface area contributed by atoms with Crippen LogP contribution in [0.2, 0.25) is 0 Å². The quantitative estimate of drug-likeness (QED) is 0.628. The van der Waals surface area contributed by atoms with Gasteiger partial charge >= 0.3 is 6.18 Å². The van der Waals surface area contributed by atoms with Gasteiger partial charge in [0.25, 0.3) is 0 Å². The molecule has 1 fully saturated rings. The van der Waals surface area contributed by atoms with Crippen LogP contribution >= 0.6 is 0 Å². The van der Waals surface area contributed by atoms with E-state index in [-0.39, 0.29) is 11.4 Å². The van der Waals surface area contributed by atoms with E-state index in [9.17, 15) is 30.0 Å². The van der Waals surface area contributed by atoms with Crippen molar-refractivity contribution in [3.8, 4) is 6.07 Å². The first-order valence-corrected chi connectivity index (χ1v) is 12.5. The highest BCUT2D eigenvalue weighted by atomic mass is 32.2. The maximum absolute atomic E-state index is 13.6. The van der Waals surface area contributed by atoms with Crippen LogP contribution in [0.1, 0.15) is 18.4 Å². The first kappa shape index (κ1) is 24.2. The molecule has 1 aliphatic heterocycles. The van der Waals surface area contributed by atoms with E-state index >= 15 is 0 Å². The zero-order valence-corrected chi connectivity index (χ0v) is 18.3. The Morgan fingerprint density at radius 1 is 1.00 bits per heavy atom. The monoisotopic (exact) mass is 487 g/mol. The van der Waals surface area contributed by atoms with Crippen molar-refractivity contribution in [3.05, 3.63) is 54.1 Å². The second-order valence-electron chi connectivity index (χ2n) is 7.30. The van der Waals surface area contributed by atoms with Gasteiger partial charge in [-0.15, -0.1) is 0 Å². The molecular weight excluding hydrogens is 467 g/mol. The number of hydrogen-bond donors (Lipinski definition) is 1.